The van der Waals surface area contributed by atoms with Crippen LogP contribution in [0.5, 0.6) is 0 Å². The molecule has 1 saturated carbocycles. The topological polar surface area (TPSA) is 42.9 Å². The van der Waals surface area contributed by atoms with E-state index in [0.717, 1.165) is 37.7 Å². The molecule has 2 unspecified atom stereocenters. The summed E-state index contributed by atoms with van der Waals surface area (Å²) in [6.07, 6.45) is 8.04. The van der Waals surface area contributed by atoms with Crippen LogP contribution in [0.4, 0.5) is 0 Å². The average molecular weight is 465 g/mol. The van der Waals surface area contributed by atoms with Crippen LogP contribution in [-0.2, 0) is 0 Å². The minimum atomic E-state index is 0. The van der Waals surface area contributed by atoms with Gasteiger partial charge in [0.05, 0.1) is 6.54 Å². The Bertz CT molecular complexity index is 386. The fourth-order valence-electron chi connectivity index (χ4n) is 3.51. The number of rotatable bonds is 9. The fraction of sp³-hybridized carbons (Fsp3) is 0.947. The monoisotopic (exact) mass is 465 g/mol. The van der Waals surface area contributed by atoms with E-state index in [4.69, 9.17) is 4.99 Å². The molecule has 0 bridgehead atoms. The van der Waals surface area contributed by atoms with E-state index in [1.807, 2.05) is 0 Å². The number of halogens is 1. The van der Waals surface area contributed by atoms with Gasteiger partial charge >= 0.3 is 0 Å². The van der Waals surface area contributed by atoms with Crippen LogP contribution in [0.15, 0.2) is 4.99 Å². The molecule has 5 nitrogen and oxygen atoms in total. The van der Waals surface area contributed by atoms with Gasteiger partial charge in [-0.15, -0.1) is 24.0 Å². The summed E-state index contributed by atoms with van der Waals surface area (Å²) >= 11 is 0. The number of likely N-dealkylation sites (tertiary alicyclic amines) is 1. The fourth-order valence-corrected chi connectivity index (χ4v) is 3.51. The summed E-state index contributed by atoms with van der Waals surface area (Å²) in [6, 6.07) is 2.08. The van der Waals surface area contributed by atoms with Crippen molar-refractivity contribution in [2.75, 3.05) is 39.8 Å². The molecule has 0 radical (unpaired) electrons. The molecule has 2 atom stereocenters. The lowest BCUT2D eigenvalue weighted by Gasteiger charge is -2.33. The van der Waals surface area contributed by atoms with E-state index in [1.165, 1.54) is 51.6 Å². The first-order valence-electron chi connectivity index (χ1n) is 10.1. The Labute approximate surface area is 172 Å². The maximum atomic E-state index is 4.78. The van der Waals surface area contributed by atoms with Crippen molar-refractivity contribution in [2.45, 2.75) is 77.4 Å². The summed E-state index contributed by atoms with van der Waals surface area (Å²) in [4.78, 5) is 9.90. The van der Waals surface area contributed by atoms with Crippen molar-refractivity contribution >= 4 is 29.9 Å². The Kier molecular flexibility index (Phi) is 11.3. The van der Waals surface area contributed by atoms with E-state index >= 15 is 0 Å². The van der Waals surface area contributed by atoms with Gasteiger partial charge in [-0.3, -0.25) is 9.89 Å². The maximum absolute atomic E-state index is 4.78. The second kappa shape index (κ2) is 12.3. The Morgan fingerprint density at radius 2 is 2.00 bits per heavy atom. The third-order valence-corrected chi connectivity index (χ3v) is 5.53. The van der Waals surface area contributed by atoms with Crippen molar-refractivity contribution in [2.24, 2.45) is 4.99 Å². The number of nitrogens with zero attached hydrogens (tertiary/aromatic N) is 3. The first-order chi connectivity index (χ1) is 11.6. The van der Waals surface area contributed by atoms with Crippen LogP contribution >= 0.6 is 24.0 Å². The van der Waals surface area contributed by atoms with E-state index in [2.05, 4.69) is 48.3 Å². The molecule has 25 heavy (non-hydrogen) atoms. The zero-order chi connectivity index (χ0) is 17.4. The molecular weight excluding hydrogens is 425 g/mol. The molecule has 2 rings (SSSR count). The van der Waals surface area contributed by atoms with Crippen LogP contribution in [0.1, 0.15) is 59.3 Å². The molecule has 2 aliphatic rings. The van der Waals surface area contributed by atoms with Crippen LogP contribution in [-0.4, -0.2) is 73.7 Å². The number of piperidine rings is 1. The van der Waals surface area contributed by atoms with Gasteiger partial charge in [0.25, 0.3) is 0 Å². The smallest absolute Gasteiger partial charge is 0.191 e. The molecule has 0 aromatic rings. The molecule has 148 valence electrons. The normalized spacial score (nSPS) is 23.2. The summed E-state index contributed by atoms with van der Waals surface area (Å²) in [5.41, 5.74) is 0. The third-order valence-electron chi connectivity index (χ3n) is 5.53. The second-order valence-corrected chi connectivity index (χ2v) is 7.63. The molecule has 0 aromatic carbocycles. The summed E-state index contributed by atoms with van der Waals surface area (Å²) in [5, 5.41) is 6.88. The summed E-state index contributed by atoms with van der Waals surface area (Å²) in [7, 11) is 2.23. The number of nitrogens with one attached hydrogen (secondary N) is 2. The lowest BCUT2D eigenvalue weighted by atomic mass is 10.0. The molecule has 2 fully saturated rings. The number of guanidine groups is 1. The number of aliphatic imine (C=N–C) groups is 1. The van der Waals surface area contributed by atoms with Crippen LogP contribution in [0.3, 0.4) is 0 Å². The highest BCUT2D eigenvalue weighted by Gasteiger charge is 2.28. The minimum Gasteiger partial charge on any atom is -0.357 e. The van der Waals surface area contributed by atoms with Crippen molar-refractivity contribution in [1.29, 1.82) is 0 Å². The Hall–Kier alpha value is -0.0800. The highest BCUT2D eigenvalue weighted by molar-refractivity contribution is 14.0. The van der Waals surface area contributed by atoms with Crippen molar-refractivity contribution in [3.63, 3.8) is 0 Å². The zero-order valence-corrected chi connectivity index (χ0v) is 19.1. The third kappa shape index (κ3) is 8.43. The van der Waals surface area contributed by atoms with Crippen molar-refractivity contribution in [1.82, 2.24) is 20.4 Å². The van der Waals surface area contributed by atoms with Gasteiger partial charge in [0.15, 0.2) is 5.96 Å². The van der Waals surface area contributed by atoms with Gasteiger partial charge in [-0.2, -0.15) is 0 Å². The number of likely N-dealkylation sites (N-methyl/N-ethyl adjacent to an activating group) is 1. The van der Waals surface area contributed by atoms with Crippen molar-refractivity contribution in [3.8, 4) is 0 Å². The Balaban J connectivity index is 0.00000312. The Morgan fingerprint density at radius 3 is 2.64 bits per heavy atom. The molecule has 0 aromatic heterocycles. The first kappa shape index (κ1) is 23.0. The van der Waals surface area contributed by atoms with Gasteiger partial charge in [-0.25, -0.2) is 0 Å². The average Bonchev–Trinajstić information content (AvgIpc) is 3.41. The molecule has 2 N–H and O–H groups in total. The van der Waals surface area contributed by atoms with Gasteiger partial charge in [0.2, 0.25) is 0 Å². The predicted octanol–water partition coefficient (Wildman–Crippen LogP) is 2.91. The lowest BCUT2D eigenvalue weighted by molar-refractivity contribution is 0.159. The number of hydrogen-bond acceptors (Lipinski definition) is 3. The van der Waals surface area contributed by atoms with Crippen LogP contribution < -0.4 is 10.6 Å². The zero-order valence-electron chi connectivity index (χ0n) is 16.8. The largest absolute Gasteiger partial charge is 0.357 e. The van der Waals surface area contributed by atoms with Gasteiger partial charge < -0.3 is 15.5 Å². The van der Waals surface area contributed by atoms with E-state index in [0.29, 0.717) is 6.04 Å². The van der Waals surface area contributed by atoms with Crippen LogP contribution in [0, 0.1) is 0 Å². The minimum absolute atomic E-state index is 0. The summed E-state index contributed by atoms with van der Waals surface area (Å²) in [5.74, 6) is 0.972. The van der Waals surface area contributed by atoms with E-state index < -0.39 is 0 Å². The van der Waals surface area contributed by atoms with Crippen molar-refractivity contribution < 1.29 is 0 Å². The van der Waals surface area contributed by atoms with Gasteiger partial charge in [0, 0.05) is 37.8 Å². The molecule has 6 heteroatoms. The van der Waals surface area contributed by atoms with Crippen LogP contribution in [0.25, 0.3) is 0 Å². The summed E-state index contributed by atoms with van der Waals surface area (Å²) in [6.45, 7) is 12.1. The van der Waals surface area contributed by atoms with E-state index in [-0.39, 0.29) is 24.0 Å². The summed E-state index contributed by atoms with van der Waals surface area (Å²) < 4.78 is 0. The van der Waals surface area contributed by atoms with Gasteiger partial charge in [-0.05, 0) is 66.5 Å². The molecule has 0 spiro atoms. The number of hydrogen-bond donors (Lipinski definition) is 2. The standard InChI is InChI=1S/C19H39N5.HI/c1-5-20-19(22-15-17(3)23(4)18-10-11-18)21-12-8-14-24-13-7-6-9-16(24)2;/h16-18H,5-15H2,1-4H3,(H2,20,21,22);1H. The van der Waals surface area contributed by atoms with E-state index in [9.17, 15) is 0 Å². The van der Waals surface area contributed by atoms with Crippen LogP contribution in [0.2, 0.25) is 0 Å². The quantitative estimate of drug-likeness (QED) is 0.238. The SMILES string of the molecule is CCNC(=NCC(C)N(C)C1CC1)NCCCN1CCCCC1C.I. The highest BCUT2D eigenvalue weighted by Crippen LogP contribution is 2.26. The predicted molar refractivity (Wildman–Crippen MR) is 119 cm³/mol. The molecule has 1 aliphatic heterocycles. The molecule has 1 saturated heterocycles. The maximum Gasteiger partial charge on any atom is 0.191 e. The van der Waals surface area contributed by atoms with Gasteiger partial charge in [0.1, 0.15) is 0 Å². The molecule has 0 amide bonds. The first-order valence-corrected chi connectivity index (χ1v) is 10.1. The van der Waals surface area contributed by atoms with Gasteiger partial charge in [-0.1, -0.05) is 6.42 Å². The highest BCUT2D eigenvalue weighted by atomic mass is 127. The van der Waals surface area contributed by atoms with Crippen molar-refractivity contribution in [3.05, 3.63) is 0 Å². The second-order valence-electron chi connectivity index (χ2n) is 7.63. The van der Waals surface area contributed by atoms with E-state index in [1.54, 1.807) is 0 Å². The molecule has 1 heterocycles. The Morgan fingerprint density at radius 1 is 1.24 bits per heavy atom. The lowest BCUT2D eigenvalue weighted by Crippen LogP contribution is -2.42. The molecule has 1 aliphatic carbocycles. The molecular formula is C19H40IN5.